The van der Waals surface area contributed by atoms with Gasteiger partial charge >= 0.3 is 0 Å². The minimum absolute atomic E-state index is 0.0438. The zero-order valence-electron chi connectivity index (χ0n) is 6.64. The lowest BCUT2D eigenvalue weighted by Crippen LogP contribution is -2.29. The summed E-state index contributed by atoms with van der Waals surface area (Å²) in [4.78, 5) is 11.0. The Hall–Kier alpha value is -0.450. The lowest BCUT2D eigenvalue weighted by atomic mass is 9.79. The van der Waals surface area contributed by atoms with E-state index in [1.807, 2.05) is 0 Å². The van der Waals surface area contributed by atoms with Gasteiger partial charge in [-0.3, -0.25) is 4.79 Å². The molecule has 0 aromatic carbocycles. The molecule has 0 bridgehead atoms. The fourth-order valence-corrected chi connectivity index (χ4v) is 2.07. The van der Waals surface area contributed by atoms with Crippen LogP contribution in [0.2, 0.25) is 0 Å². The molecule has 2 N–H and O–H groups in total. The van der Waals surface area contributed by atoms with Gasteiger partial charge in [0.2, 0.25) is 0 Å². The molecule has 0 amide bonds. The molecule has 4 atom stereocenters. The normalized spacial score (nSPS) is 47.7. The van der Waals surface area contributed by atoms with Crippen LogP contribution >= 0.6 is 0 Å². The van der Waals surface area contributed by atoms with E-state index in [9.17, 15) is 15.0 Å². The summed E-state index contributed by atoms with van der Waals surface area (Å²) in [5.41, 5.74) is 0. The minimum atomic E-state index is -0.950. The number of Topliss-reactive ketones (excluding diaryl/α,β-unsaturated/α-hetero) is 1. The van der Waals surface area contributed by atoms with Crippen molar-refractivity contribution >= 4 is 5.78 Å². The Balaban J connectivity index is 2.11. The molecule has 2 unspecified atom stereocenters. The van der Waals surface area contributed by atoms with Crippen molar-refractivity contribution in [1.82, 2.24) is 0 Å². The van der Waals surface area contributed by atoms with Crippen molar-refractivity contribution in [2.75, 3.05) is 0 Å². The van der Waals surface area contributed by atoms with Crippen molar-refractivity contribution in [2.45, 2.75) is 31.8 Å². The summed E-state index contributed by atoms with van der Waals surface area (Å²) >= 11 is 0. The van der Waals surface area contributed by atoms with Gasteiger partial charge in [0, 0.05) is 24.7 Å². The van der Waals surface area contributed by atoms with Crippen LogP contribution in [0.5, 0.6) is 0 Å². The van der Waals surface area contributed by atoms with Gasteiger partial charge in [-0.1, -0.05) is 0 Å². The Kier molecular flexibility index (Phi) is 1.90. The smallest absolute Gasteiger partial charge is 0.161 e. The van der Waals surface area contributed by atoms with Crippen LogP contribution in [-0.4, -0.2) is 28.6 Å². The number of aliphatic hydroxyl groups excluding tert-OH is 2. The molecule has 68 valence electrons. The number of carbonyl (C=O) groups is 1. The number of aliphatic hydroxyl groups is 2. The average Bonchev–Trinajstić information content (AvgIpc) is 2.28. The summed E-state index contributed by atoms with van der Waals surface area (Å²) in [6.45, 7) is 0. The zero-order valence-corrected chi connectivity index (χ0v) is 6.64. The first kappa shape index (κ1) is 8.16. The molecule has 1 aliphatic carbocycles. The molecule has 12 heavy (non-hydrogen) atoms. The lowest BCUT2D eigenvalue weighted by molar-refractivity contribution is -0.173. The monoisotopic (exact) mass is 172 g/mol. The maximum atomic E-state index is 11.0. The maximum Gasteiger partial charge on any atom is 0.161 e. The molecule has 1 saturated heterocycles. The molecule has 1 saturated carbocycles. The van der Waals surface area contributed by atoms with E-state index < -0.39 is 12.6 Å². The highest BCUT2D eigenvalue weighted by molar-refractivity contribution is 5.79. The van der Waals surface area contributed by atoms with Crippen molar-refractivity contribution in [3.05, 3.63) is 0 Å². The van der Waals surface area contributed by atoms with E-state index in [-0.39, 0.29) is 17.6 Å². The molecule has 0 radical (unpaired) electrons. The second-order valence-electron chi connectivity index (χ2n) is 3.53. The molecule has 1 aliphatic heterocycles. The van der Waals surface area contributed by atoms with E-state index in [4.69, 9.17) is 4.74 Å². The van der Waals surface area contributed by atoms with Gasteiger partial charge in [-0.05, 0) is 6.42 Å². The van der Waals surface area contributed by atoms with Crippen LogP contribution in [0, 0.1) is 11.8 Å². The Morgan fingerprint density at radius 1 is 1.25 bits per heavy atom. The first-order valence-corrected chi connectivity index (χ1v) is 4.22. The molecule has 4 nitrogen and oxygen atoms in total. The molecular weight excluding hydrogens is 160 g/mol. The highest BCUT2D eigenvalue weighted by Crippen LogP contribution is 2.39. The lowest BCUT2D eigenvalue weighted by Gasteiger charge is -2.24. The maximum absolute atomic E-state index is 11.0. The van der Waals surface area contributed by atoms with Crippen molar-refractivity contribution in [3.8, 4) is 0 Å². The topological polar surface area (TPSA) is 66.8 Å². The van der Waals surface area contributed by atoms with E-state index in [0.717, 1.165) is 0 Å². The zero-order chi connectivity index (χ0) is 8.72. The molecular formula is C8H12O4. The van der Waals surface area contributed by atoms with Gasteiger partial charge in [0.05, 0.1) is 0 Å². The molecule has 1 heterocycles. The van der Waals surface area contributed by atoms with E-state index in [1.165, 1.54) is 0 Å². The number of carbonyl (C=O) groups excluding carboxylic acids is 1. The molecule has 2 fully saturated rings. The molecule has 0 aromatic rings. The molecule has 2 aliphatic rings. The van der Waals surface area contributed by atoms with Gasteiger partial charge in [0.25, 0.3) is 0 Å². The first-order valence-electron chi connectivity index (χ1n) is 4.22. The summed E-state index contributed by atoms with van der Waals surface area (Å²) in [6.07, 6.45) is -0.328. The third-order valence-electron chi connectivity index (χ3n) is 2.78. The van der Waals surface area contributed by atoms with Crippen LogP contribution < -0.4 is 0 Å². The highest BCUT2D eigenvalue weighted by atomic mass is 16.7. The van der Waals surface area contributed by atoms with Crippen LogP contribution in [0.25, 0.3) is 0 Å². The highest BCUT2D eigenvalue weighted by Gasteiger charge is 2.45. The Bertz CT molecular complexity index is 203. The van der Waals surface area contributed by atoms with E-state index in [1.54, 1.807) is 0 Å². The Morgan fingerprint density at radius 2 is 1.92 bits per heavy atom. The quantitative estimate of drug-likeness (QED) is 0.523. The van der Waals surface area contributed by atoms with Crippen molar-refractivity contribution in [2.24, 2.45) is 11.8 Å². The van der Waals surface area contributed by atoms with E-state index in [2.05, 4.69) is 0 Å². The summed E-state index contributed by atoms with van der Waals surface area (Å²) in [5.74, 6) is -0.0630. The minimum Gasteiger partial charge on any atom is -0.368 e. The molecule has 0 aromatic heterocycles. The molecule has 0 spiro atoms. The number of ether oxygens (including phenoxy) is 1. The predicted molar refractivity (Wildman–Crippen MR) is 38.9 cm³/mol. The molecule has 4 heteroatoms. The SMILES string of the molecule is O=C1CC[C@H]2C(O)OC(O)[C@H]2C1. The van der Waals surface area contributed by atoms with Crippen LogP contribution in [0.3, 0.4) is 0 Å². The number of hydrogen-bond donors (Lipinski definition) is 2. The first-order chi connectivity index (χ1) is 5.68. The van der Waals surface area contributed by atoms with Crippen molar-refractivity contribution in [1.29, 1.82) is 0 Å². The van der Waals surface area contributed by atoms with Crippen LogP contribution in [0.1, 0.15) is 19.3 Å². The van der Waals surface area contributed by atoms with Gasteiger partial charge in [-0.15, -0.1) is 0 Å². The average molecular weight is 172 g/mol. The predicted octanol–water partition coefficient (Wildman–Crippen LogP) is -0.361. The van der Waals surface area contributed by atoms with Gasteiger partial charge < -0.3 is 14.9 Å². The summed E-state index contributed by atoms with van der Waals surface area (Å²) in [7, 11) is 0. The third-order valence-corrected chi connectivity index (χ3v) is 2.78. The van der Waals surface area contributed by atoms with E-state index >= 15 is 0 Å². The Morgan fingerprint density at radius 3 is 2.67 bits per heavy atom. The number of rotatable bonds is 0. The fraction of sp³-hybridized carbons (Fsp3) is 0.875. The van der Waals surface area contributed by atoms with Crippen molar-refractivity contribution < 1.29 is 19.7 Å². The second kappa shape index (κ2) is 2.80. The van der Waals surface area contributed by atoms with Crippen molar-refractivity contribution in [3.63, 3.8) is 0 Å². The number of ketones is 1. The van der Waals surface area contributed by atoms with Gasteiger partial charge in [0.15, 0.2) is 12.6 Å². The summed E-state index contributed by atoms with van der Waals surface area (Å²) < 4.78 is 4.82. The standard InChI is InChI=1S/C8H12O4/c9-4-1-2-5-6(3-4)8(11)12-7(5)10/h5-8,10-11H,1-3H2/t5-,6+,7?,8?/m1/s1. The van der Waals surface area contributed by atoms with E-state index in [0.29, 0.717) is 19.3 Å². The Labute approximate surface area is 70.1 Å². The van der Waals surface area contributed by atoms with Gasteiger partial charge in [-0.25, -0.2) is 0 Å². The van der Waals surface area contributed by atoms with Crippen LogP contribution in [-0.2, 0) is 9.53 Å². The van der Waals surface area contributed by atoms with Crippen LogP contribution in [0.15, 0.2) is 0 Å². The van der Waals surface area contributed by atoms with Crippen LogP contribution in [0.4, 0.5) is 0 Å². The molecule has 2 rings (SSSR count). The number of hydrogen-bond acceptors (Lipinski definition) is 4. The summed E-state index contributed by atoms with van der Waals surface area (Å²) in [6, 6.07) is 0. The summed E-state index contributed by atoms with van der Waals surface area (Å²) in [5, 5.41) is 18.6. The second-order valence-corrected chi connectivity index (χ2v) is 3.53. The third kappa shape index (κ3) is 1.16. The van der Waals surface area contributed by atoms with Gasteiger partial charge in [-0.2, -0.15) is 0 Å². The fourth-order valence-electron chi connectivity index (χ4n) is 2.07. The number of fused-ring (bicyclic) bond motifs is 1. The van der Waals surface area contributed by atoms with Gasteiger partial charge in [0.1, 0.15) is 5.78 Å². The largest absolute Gasteiger partial charge is 0.368 e.